The van der Waals surface area contributed by atoms with Gasteiger partial charge < -0.3 is 14.6 Å². The van der Waals surface area contributed by atoms with E-state index >= 15 is 0 Å². The first-order valence-electron chi connectivity index (χ1n) is 8.36. The standard InChI is InChI=1S/C20H16F6O4/c1-29-15-7-6-12(10-16(15)30-20(25,26)18(21)22)8-9-19(23,24)11-13-4-2-3-5-14(13)17(27)28/h2-10,18H,11H2,1H3,(H,27,28)/b9-8+. The topological polar surface area (TPSA) is 55.8 Å². The summed E-state index contributed by atoms with van der Waals surface area (Å²) in [6, 6.07) is 8.41. The van der Waals surface area contributed by atoms with Gasteiger partial charge in [0.25, 0.3) is 5.92 Å². The highest BCUT2D eigenvalue weighted by atomic mass is 19.3. The van der Waals surface area contributed by atoms with Gasteiger partial charge in [0, 0.05) is 6.42 Å². The van der Waals surface area contributed by atoms with E-state index in [2.05, 4.69) is 4.74 Å². The predicted molar refractivity (Wildman–Crippen MR) is 95.7 cm³/mol. The maximum Gasteiger partial charge on any atom is 0.461 e. The zero-order valence-corrected chi connectivity index (χ0v) is 15.4. The number of carbonyl (C=O) groups is 1. The van der Waals surface area contributed by atoms with Gasteiger partial charge in [-0.15, -0.1) is 0 Å². The lowest BCUT2D eigenvalue weighted by atomic mass is 10.0. The van der Waals surface area contributed by atoms with Gasteiger partial charge in [-0.3, -0.25) is 0 Å². The smallest absolute Gasteiger partial charge is 0.461 e. The third-order valence-electron chi connectivity index (χ3n) is 3.88. The molecule has 0 amide bonds. The summed E-state index contributed by atoms with van der Waals surface area (Å²) in [7, 11) is 1.09. The molecule has 4 nitrogen and oxygen atoms in total. The van der Waals surface area contributed by atoms with Crippen LogP contribution >= 0.6 is 0 Å². The molecule has 0 spiro atoms. The van der Waals surface area contributed by atoms with Gasteiger partial charge >= 0.3 is 18.5 Å². The molecule has 0 saturated heterocycles. The molecular formula is C20H16F6O4. The molecule has 0 saturated carbocycles. The van der Waals surface area contributed by atoms with Gasteiger partial charge in [0.2, 0.25) is 0 Å². The number of aromatic carboxylic acids is 1. The molecule has 1 N–H and O–H groups in total. The van der Waals surface area contributed by atoms with Crippen molar-refractivity contribution in [2.45, 2.75) is 24.9 Å². The number of methoxy groups -OCH3 is 1. The summed E-state index contributed by atoms with van der Waals surface area (Å²) >= 11 is 0. The molecular weight excluding hydrogens is 418 g/mol. The van der Waals surface area contributed by atoms with E-state index in [1.165, 1.54) is 30.3 Å². The van der Waals surface area contributed by atoms with Crippen LogP contribution in [0.4, 0.5) is 26.3 Å². The number of ether oxygens (including phenoxy) is 2. The maximum absolute atomic E-state index is 14.3. The molecule has 0 atom stereocenters. The number of allylic oxidation sites excluding steroid dienone is 1. The molecule has 0 unspecified atom stereocenters. The van der Waals surface area contributed by atoms with Crippen LogP contribution in [-0.4, -0.2) is 36.6 Å². The van der Waals surface area contributed by atoms with Crippen molar-refractivity contribution in [1.82, 2.24) is 0 Å². The number of hydrogen-bond donors (Lipinski definition) is 1. The average Bonchev–Trinajstić information content (AvgIpc) is 2.66. The van der Waals surface area contributed by atoms with E-state index in [-0.39, 0.29) is 22.4 Å². The minimum Gasteiger partial charge on any atom is -0.493 e. The van der Waals surface area contributed by atoms with Crippen LogP contribution in [0.3, 0.4) is 0 Å². The van der Waals surface area contributed by atoms with Crippen molar-refractivity contribution >= 4 is 12.0 Å². The van der Waals surface area contributed by atoms with Crippen LogP contribution in [0.25, 0.3) is 6.08 Å². The fourth-order valence-electron chi connectivity index (χ4n) is 2.48. The second-order valence-corrected chi connectivity index (χ2v) is 6.11. The lowest BCUT2D eigenvalue weighted by Crippen LogP contribution is -2.33. The molecule has 162 valence electrons. The van der Waals surface area contributed by atoms with E-state index in [0.29, 0.717) is 6.08 Å². The van der Waals surface area contributed by atoms with Crippen molar-refractivity contribution in [2.24, 2.45) is 0 Å². The third-order valence-corrected chi connectivity index (χ3v) is 3.88. The van der Waals surface area contributed by atoms with Crippen molar-refractivity contribution in [2.75, 3.05) is 7.11 Å². The second kappa shape index (κ2) is 9.10. The van der Waals surface area contributed by atoms with Gasteiger partial charge in [-0.05, 0) is 35.4 Å². The third kappa shape index (κ3) is 5.91. The molecule has 2 aromatic rings. The van der Waals surface area contributed by atoms with E-state index in [1.807, 2.05) is 0 Å². The van der Waals surface area contributed by atoms with Crippen LogP contribution in [0.15, 0.2) is 48.5 Å². The minimum absolute atomic E-state index is 0.0536. The second-order valence-electron chi connectivity index (χ2n) is 6.11. The van der Waals surface area contributed by atoms with E-state index in [1.54, 1.807) is 0 Å². The predicted octanol–water partition coefficient (Wildman–Crippen LogP) is 5.52. The van der Waals surface area contributed by atoms with E-state index in [9.17, 15) is 31.1 Å². The average molecular weight is 434 g/mol. The summed E-state index contributed by atoms with van der Waals surface area (Å²) in [4.78, 5) is 11.1. The molecule has 30 heavy (non-hydrogen) atoms. The molecule has 2 aromatic carbocycles. The molecule has 0 heterocycles. The van der Waals surface area contributed by atoms with E-state index in [4.69, 9.17) is 9.84 Å². The first-order chi connectivity index (χ1) is 13.9. The molecule has 10 heteroatoms. The highest BCUT2D eigenvalue weighted by Crippen LogP contribution is 2.35. The van der Waals surface area contributed by atoms with Gasteiger partial charge in [-0.25, -0.2) is 13.6 Å². The number of carboxylic acids is 1. The van der Waals surface area contributed by atoms with Crippen LogP contribution in [-0.2, 0) is 6.42 Å². The van der Waals surface area contributed by atoms with Crippen molar-refractivity contribution < 1.29 is 45.7 Å². The van der Waals surface area contributed by atoms with Crippen LogP contribution in [0, 0.1) is 0 Å². The molecule has 0 fully saturated rings. The van der Waals surface area contributed by atoms with Crippen LogP contribution < -0.4 is 9.47 Å². The largest absolute Gasteiger partial charge is 0.493 e. The number of benzene rings is 2. The number of halogens is 6. The van der Waals surface area contributed by atoms with Crippen molar-refractivity contribution in [3.05, 3.63) is 65.2 Å². The Balaban J connectivity index is 2.26. The Kier molecular flexibility index (Phi) is 7.01. The first-order valence-corrected chi connectivity index (χ1v) is 8.36. The first kappa shape index (κ1) is 23.1. The summed E-state index contributed by atoms with van der Waals surface area (Å²) in [5, 5.41) is 9.08. The summed E-state index contributed by atoms with van der Waals surface area (Å²) in [5.74, 6) is -5.90. The normalized spacial score (nSPS) is 12.4. The zero-order valence-electron chi connectivity index (χ0n) is 15.4. The number of hydrogen-bond acceptors (Lipinski definition) is 3. The molecule has 0 aromatic heterocycles. The monoisotopic (exact) mass is 434 g/mol. The molecule has 0 bridgehead atoms. The molecule has 0 radical (unpaired) electrons. The van der Waals surface area contributed by atoms with Gasteiger partial charge in [0.15, 0.2) is 11.5 Å². The molecule has 0 aliphatic carbocycles. The molecule has 2 rings (SSSR count). The van der Waals surface area contributed by atoms with Crippen molar-refractivity contribution in [3.8, 4) is 11.5 Å². The Hall–Kier alpha value is -3.17. The summed E-state index contributed by atoms with van der Waals surface area (Å²) in [6.45, 7) is 0. The highest BCUT2D eigenvalue weighted by Gasteiger charge is 2.44. The lowest BCUT2D eigenvalue weighted by molar-refractivity contribution is -0.253. The fraction of sp³-hybridized carbons (Fsp3) is 0.250. The highest BCUT2D eigenvalue weighted by molar-refractivity contribution is 5.89. The van der Waals surface area contributed by atoms with Crippen LogP contribution in [0.1, 0.15) is 21.5 Å². The number of rotatable bonds is 9. The summed E-state index contributed by atoms with van der Waals surface area (Å²) in [6.07, 6.45) is -8.52. The van der Waals surface area contributed by atoms with Gasteiger partial charge in [0.1, 0.15) is 0 Å². The van der Waals surface area contributed by atoms with Gasteiger partial charge in [-0.2, -0.15) is 17.6 Å². The number of carboxylic acid groups (broad SMARTS) is 1. The van der Waals surface area contributed by atoms with Crippen LogP contribution in [0.2, 0.25) is 0 Å². The minimum atomic E-state index is -4.81. The number of alkyl halides is 6. The molecule has 0 aliphatic rings. The SMILES string of the molecule is COc1ccc(/C=C/C(F)(F)Cc2ccccc2C(=O)O)cc1OC(F)(F)C(F)F. The Morgan fingerprint density at radius 1 is 1.10 bits per heavy atom. The fourth-order valence-corrected chi connectivity index (χ4v) is 2.48. The summed E-state index contributed by atoms with van der Waals surface area (Å²) in [5.41, 5.74) is -0.433. The van der Waals surface area contributed by atoms with Crippen molar-refractivity contribution in [1.29, 1.82) is 0 Å². The van der Waals surface area contributed by atoms with Crippen molar-refractivity contribution in [3.63, 3.8) is 0 Å². The molecule has 0 aliphatic heterocycles. The van der Waals surface area contributed by atoms with Gasteiger partial charge in [-0.1, -0.05) is 30.3 Å². The van der Waals surface area contributed by atoms with Crippen LogP contribution in [0.5, 0.6) is 11.5 Å². The Morgan fingerprint density at radius 3 is 2.37 bits per heavy atom. The Labute approximate surface area is 167 Å². The summed E-state index contributed by atoms with van der Waals surface area (Å²) < 4.78 is 88.5. The quantitative estimate of drug-likeness (QED) is 0.528. The van der Waals surface area contributed by atoms with E-state index in [0.717, 1.165) is 25.3 Å². The zero-order chi connectivity index (χ0) is 22.5. The lowest BCUT2D eigenvalue weighted by Gasteiger charge is -2.19. The Morgan fingerprint density at radius 2 is 1.77 bits per heavy atom. The van der Waals surface area contributed by atoms with Gasteiger partial charge in [0.05, 0.1) is 12.7 Å². The van der Waals surface area contributed by atoms with E-state index < -0.39 is 36.6 Å². The Bertz CT molecular complexity index is 927. The maximum atomic E-state index is 14.3.